The van der Waals surface area contributed by atoms with Crippen LogP contribution in [0, 0.1) is 19.7 Å². The zero-order valence-corrected chi connectivity index (χ0v) is 18.8. The Morgan fingerprint density at radius 3 is 2.41 bits per heavy atom. The van der Waals surface area contributed by atoms with E-state index < -0.39 is 0 Å². The summed E-state index contributed by atoms with van der Waals surface area (Å²) in [6.45, 7) is 5.73. The summed E-state index contributed by atoms with van der Waals surface area (Å²) in [6.07, 6.45) is 0. The molecule has 4 rings (SSSR count). The predicted molar refractivity (Wildman–Crippen MR) is 124 cm³/mol. The van der Waals surface area contributed by atoms with E-state index in [1.807, 2.05) is 6.07 Å². The lowest BCUT2D eigenvalue weighted by molar-refractivity contribution is -0.132. The highest BCUT2D eigenvalue weighted by atomic mass is 35.5. The molecule has 0 atom stereocenters. The number of nitrogens with zero attached hydrogens (tertiary/aromatic N) is 4. The second-order valence-electron chi connectivity index (χ2n) is 7.89. The number of rotatable bonds is 4. The van der Waals surface area contributed by atoms with E-state index in [4.69, 9.17) is 11.6 Å². The number of amides is 1. The largest absolute Gasteiger partial charge is 0.368 e. The van der Waals surface area contributed by atoms with Crippen LogP contribution in [0.15, 0.2) is 53.3 Å². The number of benzene rings is 2. The molecular formula is C24H24ClFN4O2. The summed E-state index contributed by atoms with van der Waals surface area (Å²) in [5, 5.41) is 0.532. The van der Waals surface area contributed by atoms with Gasteiger partial charge in [-0.05, 0) is 50.2 Å². The van der Waals surface area contributed by atoms with Gasteiger partial charge in [0.15, 0.2) is 0 Å². The van der Waals surface area contributed by atoms with Crippen LogP contribution in [0.5, 0.6) is 0 Å². The fraction of sp³-hybridized carbons (Fsp3) is 0.292. The number of carbonyl (C=O) groups excluding carboxylic acids is 1. The first-order valence-electron chi connectivity index (χ1n) is 10.5. The van der Waals surface area contributed by atoms with Crippen LogP contribution >= 0.6 is 11.6 Å². The van der Waals surface area contributed by atoms with Gasteiger partial charge in [-0.3, -0.25) is 14.2 Å². The lowest BCUT2D eigenvalue weighted by Gasteiger charge is -2.36. The molecule has 0 radical (unpaired) electrons. The Kier molecular flexibility index (Phi) is 6.28. The highest BCUT2D eigenvalue weighted by Crippen LogP contribution is 2.22. The number of aryl methyl sites for hydroxylation is 1. The number of carbonyl (C=O) groups is 1. The smallest absolute Gasteiger partial charge is 0.257 e. The van der Waals surface area contributed by atoms with Gasteiger partial charge in [0.25, 0.3) is 5.56 Å². The molecule has 1 fully saturated rings. The molecule has 0 N–H and O–H groups in total. The average molecular weight is 455 g/mol. The summed E-state index contributed by atoms with van der Waals surface area (Å²) in [4.78, 5) is 34.6. The van der Waals surface area contributed by atoms with E-state index in [0.717, 1.165) is 5.69 Å². The Labute approximate surface area is 190 Å². The van der Waals surface area contributed by atoms with Gasteiger partial charge in [0.05, 0.1) is 0 Å². The Morgan fingerprint density at radius 1 is 1.06 bits per heavy atom. The van der Waals surface area contributed by atoms with E-state index in [9.17, 15) is 14.0 Å². The predicted octanol–water partition coefficient (Wildman–Crippen LogP) is 3.67. The topological polar surface area (TPSA) is 58.4 Å². The average Bonchev–Trinajstić information content (AvgIpc) is 2.80. The van der Waals surface area contributed by atoms with Gasteiger partial charge < -0.3 is 9.80 Å². The maximum Gasteiger partial charge on any atom is 0.257 e. The molecule has 1 aliphatic rings. The van der Waals surface area contributed by atoms with Gasteiger partial charge in [-0.1, -0.05) is 23.7 Å². The second kappa shape index (κ2) is 9.12. The second-order valence-corrected chi connectivity index (χ2v) is 8.33. The van der Waals surface area contributed by atoms with Crippen LogP contribution in [0.1, 0.15) is 11.3 Å². The molecule has 0 saturated carbocycles. The molecule has 1 aromatic heterocycles. The SMILES string of the molecule is Cc1nc(-c2cccc(Cl)c2)n(CC(=O)N2CCN(c3ccc(F)cc3)CC2)c(=O)c1C. The van der Waals surface area contributed by atoms with Gasteiger partial charge in [0.2, 0.25) is 5.91 Å². The molecule has 3 aromatic rings. The van der Waals surface area contributed by atoms with Crippen LogP contribution in [0.3, 0.4) is 0 Å². The normalized spacial score (nSPS) is 14.0. The summed E-state index contributed by atoms with van der Waals surface area (Å²) in [5.41, 5.74) is 2.53. The molecule has 0 spiro atoms. The zero-order chi connectivity index (χ0) is 22.8. The van der Waals surface area contributed by atoms with E-state index in [1.165, 1.54) is 16.7 Å². The van der Waals surface area contributed by atoms with Crippen LogP contribution in [-0.4, -0.2) is 46.5 Å². The maximum absolute atomic E-state index is 13.2. The molecule has 2 aromatic carbocycles. The number of aromatic nitrogens is 2. The molecule has 32 heavy (non-hydrogen) atoms. The third kappa shape index (κ3) is 4.53. The molecule has 2 heterocycles. The van der Waals surface area contributed by atoms with E-state index in [2.05, 4.69) is 9.88 Å². The summed E-state index contributed by atoms with van der Waals surface area (Å²) < 4.78 is 14.6. The van der Waals surface area contributed by atoms with Crippen molar-refractivity contribution < 1.29 is 9.18 Å². The number of anilines is 1. The van der Waals surface area contributed by atoms with E-state index in [0.29, 0.717) is 53.8 Å². The van der Waals surface area contributed by atoms with Gasteiger partial charge >= 0.3 is 0 Å². The minimum atomic E-state index is -0.273. The highest BCUT2D eigenvalue weighted by Gasteiger charge is 2.24. The Hall–Kier alpha value is -3.19. The lowest BCUT2D eigenvalue weighted by Crippen LogP contribution is -2.50. The summed E-state index contributed by atoms with van der Waals surface area (Å²) in [6, 6.07) is 13.5. The first-order valence-corrected chi connectivity index (χ1v) is 10.8. The Balaban J connectivity index is 1.54. The first kappa shape index (κ1) is 22.0. The standard InChI is InChI=1S/C24H24ClFN4O2/c1-16-17(2)27-23(18-4-3-5-19(25)14-18)30(24(16)32)15-22(31)29-12-10-28(11-13-29)21-8-6-20(26)7-9-21/h3-9,14H,10-13,15H2,1-2H3. The van der Waals surface area contributed by atoms with Crippen molar-refractivity contribution in [3.8, 4) is 11.4 Å². The number of hydrogen-bond donors (Lipinski definition) is 0. The number of halogens is 2. The van der Waals surface area contributed by atoms with Gasteiger partial charge in [-0.25, -0.2) is 9.37 Å². The molecule has 1 aliphatic heterocycles. The van der Waals surface area contributed by atoms with Gasteiger partial charge in [0, 0.05) is 53.7 Å². The molecule has 1 saturated heterocycles. The first-order chi connectivity index (χ1) is 15.3. The van der Waals surface area contributed by atoms with E-state index >= 15 is 0 Å². The van der Waals surface area contributed by atoms with Crippen LogP contribution in [0.4, 0.5) is 10.1 Å². The molecular weight excluding hydrogens is 431 g/mol. The summed E-state index contributed by atoms with van der Waals surface area (Å²) >= 11 is 6.14. The fourth-order valence-corrected chi connectivity index (χ4v) is 4.04. The lowest BCUT2D eigenvalue weighted by atomic mass is 10.1. The van der Waals surface area contributed by atoms with E-state index in [-0.39, 0.29) is 23.8 Å². The number of piperazine rings is 1. The molecule has 0 bridgehead atoms. The van der Waals surface area contributed by atoms with Crippen molar-refractivity contribution in [3.63, 3.8) is 0 Å². The van der Waals surface area contributed by atoms with Gasteiger partial charge in [-0.15, -0.1) is 0 Å². The van der Waals surface area contributed by atoms with Crippen LogP contribution in [0.2, 0.25) is 5.02 Å². The van der Waals surface area contributed by atoms with Gasteiger partial charge in [-0.2, -0.15) is 0 Å². The Bertz CT molecular complexity index is 1200. The summed E-state index contributed by atoms with van der Waals surface area (Å²) in [7, 11) is 0. The monoisotopic (exact) mass is 454 g/mol. The highest BCUT2D eigenvalue weighted by molar-refractivity contribution is 6.30. The van der Waals surface area contributed by atoms with Crippen molar-refractivity contribution in [2.45, 2.75) is 20.4 Å². The Morgan fingerprint density at radius 2 is 1.75 bits per heavy atom. The van der Waals surface area contributed by atoms with Crippen molar-refractivity contribution in [1.82, 2.24) is 14.5 Å². The minimum Gasteiger partial charge on any atom is -0.368 e. The van der Waals surface area contributed by atoms with Crippen LogP contribution < -0.4 is 10.5 Å². The van der Waals surface area contributed by atoms with Crippen molar-refractivity contribution in [1.29, 1.82) is 0 Å². The summed E-state index contributed by atoms with van der Waals surface area (Å²) in [5.74, 6) is 0.0172. The fourth-order valence-electron chi connectivity index (χ4n) is 3.85. The third-order valence-electron chi connectivity index (χ3n) is 5.84. The van der Waals surface area contributed by atoms with Gasteiger partial charge in [0.1, 0.15) is 18.2 Å². The maximum atomic E-state index is 13.2. The molecule has 166 valence electrons. The van der Waals surface area contributed by atoms with Crippen molar-refractivity contribution in [2.75, 3.05) is 31.1 Å². The molecule has 0 unspecified atom stereocenters. The van der Waals surface area contributed by atoms with Crippen LogP contribution in [-0.2, 0) is 11.3 Å². The number of hydrogen-bond acceptors (Lipinski definition) is 4. The molecule has 1 amide bonds. The molecule has 8 heteroatoms. The molecule has 0 aliphatic carbocycles. The van der Waals surface area contributed by atoms with Crippen molar-refractivity contribution in [3.05, 3.63) is 81.0 Å². The van der Waals surface area contributed by atoms with Crippen molar-refractivity contribution in [2.24, 2.45) is 0 Å². The zero-order valence-electron chi connectivity index (χ0n) is 18.0. The quantitative estimate of drug-likeness (QED) is 0.603. The van der Waals surface area contributed by atoms with Crippen molar-refractivity contribution >= 4 is 23.2 Å². The molecule has 6 nitrogen and oxygen atoms in total. The van der Waals surface area contributed by atoms with Crippen LogP contribution in [0.25, 0.3) is 11.4 Å². The minimum absolute atomic E-state index is 0.0919. The third-order valence-corrected chi connectivity index (χ3v) is 6.07. The van der Waals surface area contributed by atoms with E-state index in [1.54, 1.807) is 49.1 Å².